The molecule has 1 heterocycles. The fraction of sp³-hybridized carbons (Fsp3) is 0.375. The first kappa shape index (κ1) is 14.3. The van der Waals surface area contributed by atoms with E-state index in [2.05, 4.69) is 11.9 Å². The molecule has 0 aromatic heterocycles. The fourth-order valence-corrected chi connectivity index (χ4v) is 2.64. The van der Waals surface area contributed by atoms with Crippen molar-refractivity contribution in [1.29, 1.82) is 0 Å². The number of carbonyl (C=O) groups is 2. The molecular formula is C16H20N2O2. The van der Waals surface area contributed by atoms with Crippen molar-refractivity contribution < 1.29 is 9.59 Å². The highest BCUT2D eigenvalue weighted by Gasteiger charge is 2.32. The lowest BCUT2D eigenvalue weighted by molar-refractivity contribution is -0.126. The minimum Gasteiger partial charge on any atom is -0.329 e. The Bertz CT molecular complexity index is 578. The molecule has 106 valence electrons. The van der Waals surface area contributed by atoms with Gasteiger partial charge >= 0.3 is 0 Å². The number of allylic oxidation sites excluding steroid dienone is 1. The van der Waals surface area contributed by atoms with E-state index in [0.717, 1.165) is 22.5 Å². The maximum Gasteiger partial charge on any atom is 0.247 e. The van der Waals surface area contributed by atoms with E-state index in [1.165, 1.54) is 6.92 Å². The summed E-state index contributed by atoms with van der Waals surface area (Å²) in [5, 5.41) is 2.74. The third-order valence-electron chi connectivity index (χ3n) is 3.58. The van der Waals surface area contributed by atoms with Crippen molar-refractivity contribution in [3.05, 3.63) is 41.6 Å². The normalized spacial score (nSPS) is 18.6. The number of benzene rings is 1. The zero-order valence-corrected chi connectivity index (χ0v) is 12.2. The van der Waals surface area contributed by atoms with Crippen LogP contribution in [0.2, 0.25) is 0 Å². The summed E-state index contributed by atoms with van der Waals surface area (Å²) in [6.45, 7) is 9.23. The van der Waals surface area contributed by atoms with Crippen molar-refractivity contribution in [2.24, 2.45) is 0 Å². The summed E-state index contributed by atoms with van der Waals surface area (Å²) in [7, 11) is 0. The molecule has 1 N–H and O–H groups in total. The van der Waals surface area contributed by atoms with E-state index in [4.69, 9.17) is 0 Å². The van der Waals surface area contributed by atoms with E-state index in [9.17, 15) is 9.59 Å². The van der Waals surface area contributed by atoms with Crippen molar-refractivity contribution in [3.8, 4) is 0 Å². The van der Waals surface area contributed by atoms with E-state index in [1.54, 1.807) is 4.90 Å². The molecule has 1 saturated heterocycles. The summed E-state index contributed by atoms with van der Waals surface area (Å²) >= 11 is 0. The van der Waals surface area contributed by atoms with Gasteiger partial charge in [0.15, 0.2) is 0 Å². The molecule has 0 spiro atoms. The first-order valence-corrected chi connectivity index (χ1v) is 6.76. The molecule has 20 heavy (non-hydrogen) atoms. The van der Waals surface area contributed by atoms with E-state index in [-0.39, 0.29) is 11.8 Å². The number of carbonyl (C=O) groups excluding carboxylic acids is 2. The molecule has 1 aliphatic rings. The predicted molar refractivity (Wildman–Crippen MR) is 79.4 cm³/mol. The van der Waals surface area contributed by atoms with Crippen LogP contribution in [0.25, 0.3) is 0 Å². The second kappa shape index (κ2) is 5.49. The number of amides is 2. The monoisotopic (exact) mass is 272 g/mol. The maximum atomic E-state index is 12.1. The summed E-state index contributed by atoms with van der Waals surface area (Å²) in [6.07, 6.45) is 1.31. The van der Waals surface area contributed by atoms with Gasteiger partial charge in [-0.3, -0.25) is 14.5 Å². The molecule has 0 radical (unpaired) electrons. The lowest BCUT2D eigenvalue weighted by Gasteiger charge is -2.34. The van der Waals surface area contributed by atoms with E-state index >= 15 is 0 Å². The molecular weight excluding hydrogens is 252 g/mol. The van der Waals surface area contributed by atoms with Gasteiger partial charge in [-0.05, 0) is 38.3 Å². The topological polar surface area (TPSA) is 49.4 Å². The standard InChI is InChI=1S/C16H20N2O2/c1-10-5-7-14(11(2)9-10)18(13(4)19)15-8-6-12(3)17-16(15)20/h5,7,9,15H,3,6,8H2,1-2,4H3,(H,17,20). The summed E-state index contributed by atoms with van der Waals surface area (Å²) < 4.78 is 0. The molecule has 1 aromatic rings. The van der Waals surface area contributed by atoms with Crippen LogP contribution in [0.3, 0.4) is 0 Å². The minimum atomic E-state index is -0.459. The van der Waals surface area contributed by atoms with Crippen LogP contribution in [-0.4, -0.2) is 17.9 Å². The van der Waals surface area contributed by atoms with Crippen LogP contribution in [0.4, 0.5) is 5.69 Å². The quantitative estimate of drug-likeness (QED) is 0.899. The number of hydrogen-bond acceptors (Lipinski definition) is 2. The van der Waals surface area contributed by atoms with Crippen molar-refractivity contribution in [3.63, 3.8) is 0 Å². The Balaban J connectivity index is 2.39. The van der Waals surface area contributed by atoms with Crippen molar-refractivity contribution in [2.75, 3.05) is 4.90 Å². The van der Waals surface area contributed by atoms with E-state index in [0.29, 0.717) is 12.8 Å². The average Bonchev–Trinajstić information content (AvgIpc) is 2.34. The van der Waals surface area contributed by atoms with Crippen LogP contribution >= 0.6 is 0 Å². The molecule has 1 aliphatic heterocycles. The summed E-state index contributed by atoms with van der Waals surface area (Å²) in [6, 6.07) is 5.42. The van der Waals surface area contributed by atoms with Gasteiger partial charge in [0.2, 0.25) is 11.8 Å². The first-order valence-electron chi connectivity index (χ1n) is 6.76. The first-order chi connectivity index (χ1) is 9.40. The Morgan fingerprint density at radius 3 is 2.65 bits per heavy atom. The van der Waals surface area contributed by atoms with Gasteiger partial charge in [-0.25, -0.2) is 0 Å². The highest BCUT2D eigenvalue weighted by Crippen LogP contribution is 2.27. The van der Waals surface area contributed by atoms with Crippen LogP contribution in [0.15, 0.2) is 30.5 Å². The number of nitrogens with one attached hydrogen (secondary N) is 1. The van der Waals surface area contributed by atoms with Crippen LogP contribution in [0, 0.1) is 13.8 Å². The molecule has 2 amide bonds. The molecule has 4 heteroatoms. The Hall–Kier alpha value is -2.10. The molecule has 0 bridgehead atoms. The molecule has 0 aliphatic carbocycles. The van der Waals surface area contributed by atoms with Gasteiger partial charge in [-0.2, -0.15) is 0 Å². The lowest BCUT2D eigenvalue weighted by atomic mass is 10.0. The summed E-state index contributed by atoms with van der Waals surface area (Å²) in [5.74, 6) is -0.277. The summed E-state index contributed by atoms with van der Waals surface area (Å²) in [5.41, 5.74) is 3.65. The van der Waals surface area contributed by atoms with E-state index < -0.39 is 6.04 Å². The highest BCUT2D eigenvalue weighted by atomic mass is 16.2. The third kappa shape index (κ3) is 2.74. The van der Waals surface area contributed by atoms with Crippen LogP contribution in [0.5, 0.6) is 0 Å². The molecule has 0 saturated carbocycles. The predicted octanol–water partition coefficient (Wildman–Crippen LogP) is 2.45. The number of piperidine rings is 1. The number of hydrogen-bond donors (Lipinski definition) is 1. The Morgan fingerprint density at radius 2 is 2.10 bits per heavy atom. The van der Waals surface area contributed by atoms with E-state index in [1.807, 2.05) is 32.0 Å². The third-order valence-corrected chi connectivity index (χ3v) is 3.58. The minimum absolute atomic E-state index is 0.121. The van der Waals surface area contributed by atoms with Crippen LogP contribution in [0.1, 0.15) is 30.9 Å². The zero-order chi connectivity index (χ0) is 14.9. The zero-order valence-electron chi connectivity index (χ0n) is 12.2. The average molecular weight is 272 g/mol. The maximum absolute atomic E-state index is 12.1. The molecule has 2 rings (SSSR count). The second-order valence-corrected chi connectivity index (χ2v) is 5.33. The summed E-state index contributed by atoms with van der Waals surface area (Å²) in [4.78, 5) is 25.8. The van der Waals surface area contributed by atoms with Gasteiger partial charge in [-0.1, -0.05) is 24.3 Å². The second-order valence-electron chi connectivity index (χ2n) is 5.33. The van der Waals surface area contributed by atoms with Gasteiger partial charge in [0.25, 0.3) is 0 Å². The molecule has 1 atom stereocenters. The van der Waals surface area contributed by atoms with Crippen LogP contribution < -0.4 is 10.2 Å². The van der Waals surface area contributed by atoms with Crippen molar-refractivity contribution >= 4 is 17.5 Å². The highest BCUT2D eigenvalue weighted by molar-refractivity contribution is 6.01. The smallest absolute Gasteiger partial charge is 0.247 e. The Kier molecular flexibility index (Phi) is 3.93. The van der Waals surface area contributed by atoms with Gasteiger partial charge in [0.1, 0.15) is 6.04 Å². The molecule has 4 nitrogen and oxygen atoms in total. The lowest BCUT2D eigenvalue weighted by Crippen LogP contribution is -2.51. The fourth-order valence-electron chi connectivity index (χ4n) is 2.64. The number of nitrogens with zero attached hydrogens (tertiary/aromatic N) is 1. The number of aryl methyl sites for hydroxylation is 2. The number of rotatable bonds is 2. The van der Waals surface area contributed by atoms with Crippen molar-refractivity contribution in [2.45, 2.75) is 39.7 Å². The molecule has 1 aromatic carbocycles. The SMILES string of the molecule is C=C1CCC(N(C(C)=O)c2ccc(C)cc2C)C(=O)N1. The largest absolute Gasteiger partial charge is 0.329 e. The number of anilines is 1. The Morgan fingerprint density at radius 1 is 1.40 bits per heavy atom. The van der Waals surface area contributed by atoms with Gasteiger partial charge < -0.3 is 5.32 Å². The molecule has 1 fully saturated rings. The van der Waals surface area contributed by atoms with Gasteiger partial charge in [-0.15, -0.1) is 0 Å². The van der Waals surface area contributed by atoms with Gasteiger partial charge in [0.05, 0.1) is 0 Å². The Labute approximate surface area is 119 Å². The molecule has 1 unspecified atom stereocenters. The van der Waals surface area contributed by atoms with Gasteiger partial charge in [0, 0.05) is 18.3 Å². The van der Waals surface area contributed by atoms with Crippen LogP contribution in [-0.2, 0) is 9.59 Å². The van der Waals surface area contributed by atoms with Crippen molar-refractivity contribution in [1.82, 2.24) is 5.32 Å².